The third-order valence-corrected chi connectivity index (χ3v) is 1.00. The van der Waals surface area contributed by atoms with Crippen LogP contribution in [0.2, 0.25) is 0 Å². The molecule has 0 aromatic heterocycles. The summed E-state index contributed by atoms with van der Waals surface area (Å²) in [6.45, 7) is 0. The van der Waals surface area contributed by atoms with Crippen molar-refractivity contribution in [1.82, 2.24) is 0 Å². The van der Waals surface area contributed by atoms with Crippen LogP contribution in [0.3, 0.4) is 0 Å². The average Bonchev–Trinajstić information content (AvgIpc) is 1.67. The summed E-state index contributed by atoms with van der Waals surface area (Å²) in [6, 6.07) is -0.854. The smallest absolute Gasteiger partial charge is 0.0582 e. The van der Waals surface area contributed by atoms with Gasteiger partial charge >= 0.3 is 0 Å². The Hall–Kier alpha value is -0.220. The zero-order valence-electron chi connectivity index (χ0n) is 4.33. The molecule has 4 heteroatoms. The highest BCUT2D eigenvalue weighted by Gasteiger charge is 1.98. The van der Waals surface area contributed by atoms with Crippen LogP contribution in [0.25, 0.3) is 0 Å². The Labute approximate surface area is 53.3 Å². The lowest BCUT2D eigenvalue weighted by molar-refractivity contribution is -0.307. The number of aliphatic carboxylic acids is 1. The van der Waals surface area contributed by atoms with Crippen molar-refractivity contribution in [2.45, 2.75) is 12.5 Å². The van der Waals surface area contributed by atoms with E-state index in [0.717, 1.165) is 0 Å². The van der Waals surface area contributed by atoms with Crippen LogP contribution >= 0.6 is 12.6 Å². The van der Waals surface area contributed by atoms with E-state index in [4.69, 9.17) is 5.73 Å². The van der Waals surface area contributed by atoms with Crippen LogP contribution in [-0.4, -0.2) is 17.8 Å². The summed E-state index contributed by atoms with van der Waals surface area (Å²) in [7, 11) is 0. The SMILES string of the molecule is NC(CCS)C(=O)[O-]. The molecule has 0 aliphatic carbocycles. The van der Waals surface area contributed by atoms with Crippen molar-refractivity contribution in [2.24, 2.45) is 5.73 Å². The standard InChI is InChI=1S/C4H9NO2S/c5-3(1-2-8)4(6)7/h3,8H,1-2,5H2,(H,6,7)/p-1. The molecule has 8 heavy (non-hydrogen) atoms. The monoisotopic (exact) mass is 134 g/mol. The van der Waals surface area contributed by atoms with Crippen molar-refractivity contribution in [1.29, 1.82) is 0 Å². The van der Waals surface area contributed by atoms with Crippen LogP contribution in [0.4, 0.5) is 0 Å². The Morgan fingerprint density at radius 1 is 1.88 bits per heavy atom. The number of thiol groups is 1. The van der Waals surface area contributed by atoms with Crippen molar-refractivity contribution in [3.63, 3.8) is 0 Å². The van der Waals surface area contributed by atoms with Gasteiger partial charge in [-0.15, -0.1) is 0 Å². The molecule has 2 N–H and O–H groups in total. The van der Waals surface area contributed by atoms with E-state index in [1.54, 1.807) is 0 Å². The second kappa shape index (κ2) is 3.74. The lowest BCUT2D eigenvalue weighted by atomic mass is 10.2. The lowest BCUT2D eigenvalue weighted by Crippen LogP contribution is -2.41. The Morgan fingerprint density at radius 2 is 2.38 bits per heavy atom. The van der Waals surface area contributed by atoms with Crippen LogP contribution in [0.5, 0.6) is 0 Å². The van der Waals surface area contributed by atoms with Gasteiger partial charge in [-0.3, -0.25) is 0 Å². The molecule has 0 aromatic carbocycles. The van der Waals surface area contributed by atoms with E-state index in [-0.39, 0.29) is 0 Å². The minimum Gasteiger partial charge on any atom is -0.548 e. The van der Waals surface area contributed by atoms with Gasteiger partial charge in [-0.1, -0.05) is 0 Å². The van der Waals surface area contributed by atoms with E-state index in [1.807, 2.05) is 0 Å². The highest BCUT2D eigenvalue weighted by atomic mass is 32.1. The zero-order valence-corrected chi connectivity index (χ0v) is 5.23. The summed E-state index contributed by atoms with van der Waals surface area (Å²) in [4.78, 5) is 9.82. The van der Waals surface area contributed by atoms with Crippen molar-refractivity contribution in [3.05, 3.63) is 0 Å². The summed E-state index contributed by atoms with van der Waals surface area (Å²) in [5.41, 5.74) is 5.02. The fraction of sp³-hybridized carbons (Fsp3) is 0.750. The Balaban J connectivity index is 3.32. The topological polar surface area (TPSA) is 66.2 Å². The Morgan fingerprint density at radius 3 is 2.50 bits per heavy atom. The highest BCUT2D eigenvalue weighted by Crippen LogP contribution is 1.87. The molecule has 0 aliphatic heterocycles. The molecule has 1 unspecified atom stereocenters. The van der Waals surface area contributed by atoms with Gasteiger partial charge in [0.05, 0.1) is 5.97 Å². The van der Waals surface area contributed by atoms with Crippen molar-refractivity contribution in [2.75, 3.05) is 5.75 Å². The summed E-state index contributed by atoms with van der Waals surface area (Å²) in [5, 5.41) is 9.82. The maximum absolute atomic E-state index is 9.82. The van der Waals surface area contributed by atoms with E-state index in [0.29, 0.717) is 12.2 Å². The molecule has 48 valence electrons. The van der Waals surface area contributed by atoms with E-state index < -0.39 is 12.0 Å². The maximum Gasteiger partial charge on any atom is 0.0582 e. The first-order chi connectivity index (χ1) is 3.68. The fourth-order valence-corrected chi connectivity index (χ4v) is 0.535. The minimum atomic E-state index is -1.21. The predicted molar refractivity (Wildman–Crippen MR) is 31.5 cm³/mol. The van der Waals surface area contributed by atoms with Gasteiger partial charge in [0, 0.05) is 6.04 Å². The molecular weight excluding hydrogens is 126 g/mol. The third kappa shape index (κ3) is 2.87. The zero-order chi connectivity index (χ0) is 6.57. The molecule has 0 saturated heterocycles. The van der Waals surface area contributed by atoms with Crippen molar-refractivity contribution >= 4 is 18.6 Å². The molecule has 0 radical (unpaired) electrons. The predicted octanol–water partition coefficient (Wildman–Crippen LogP) is -1.62. The number of rotatable bonds is 3. The Kier molecular flexibility index (Phi) is 3.64. The molecule has 0 rings (SSSR count). The molecule has 0 aromatic rings. The van der Waals surface area contributed by atoms with E-state index in [9.17, 15) is 9.90 Å². The molecule has 0 spiro atoms. The van der Waals surface area contributed by atoms with Gasteiger partial charge < -0.3 is 15.6 Å². The molecule has 0 aliphatic rings. The summed E-state index contributed by atoms with van der Waals surface area (Å²) < 4.78 is 0. The maximum atomic E-state index is 9.82. The Bertz CT molecular complexity index is 86.1. The second-order valence-corrected chi connectivity index (χ2v) is 1.89. The van der Waals surface area contributed by atoms with Crippen molar-refractivity contribution in [3.8, 4) is 0 Å². The quantitative estimate of drug-likeness (QED) is 0.456. The summed E-state index contributed by atoms with van der Waals surface area (Å²) in [6.07, 6.45) is 0.367. The highest BCUT2D eigenvalue weighted by molar-refractivity contribution is 7.80. The first kappa shape index (κ1) is 7.78. The summed E-state index contributed by atoms with van der Waals surface area (Å²) in [5.74, 6) is -0.728. The van der Waals surface area contributed by atoms with Gasteiger partial charge in [0.25, 0.3) is 0 Å². The third-order valence-electron chi connectivity index (χ3n) is 0.743. The lowest BCUT2D eigenvalue weighted by Gasteiger charge is -2.08. The molecule has 3 nitrogen and oxygen atoms in total. The molecule has 0 heterocycles. The molecule has 0 fully saturated rings. The van der Waals surface area contributed by atoms with Gasteiger partial charge in [0.2, 0.25) is 0 Å². The van der Waals surface area contributed by atoms with Gasteiger partial charge in [-0.2, -0.15) is 12.6 Å². The van der Waals surface area contributed by atoms with Crippen LogP contribution in [0.1, 0.15) is 6.42 Å². The number of carbonyl (C=O) groups is 1. The van der Waals surface area contributed by atoms with Crippen LogP contribution in [0, 0.1) is 0 Å². The molecular formula is C4H8NO2S-. The van der Waals surface area contributed by atoms with E-state index in [2.05, 4.69) is 12.6 Å². The van der Waals surface area contributed by atoms with Gasteiger partial charge in [0.15, 0.2) is 0 Å². The fourth-order valence-electron chi connectivity index (χ4n) is 0.257. The van der Waals surface area contributed by atoms with E-state index >= 15 is 0 Å². The van der Waals surface area contributed by atoms with Crippen LogP contribution in [-0.2, 0) is 4.79 Å². The first-order valence-corrected chi connectivity index (χ1v) is 2.89. The second-order valence-electron chi connectivity index (χ2n) is 1.44. The van der Waals surface area contributed by atoms with Crippen molar-refractivity contribution < 1.29 is 9.90 Å². The largest absolute Gasteiger partial charge is 0.548 e. The number of carboxylic acids is 1. The summed E-state index contributed by atoms with van der Waals surface area (Å²) >= 11 is 3.78. The number of carboxylic acid groups (broad SMARTS) is 1. The molecule has 0 amide bonds. The first-order valence-electron chi connectivity index (χ1n) is 2.25. The average molecular weight is 134 g/mol. The van der Waals surface area contributed by atoms with E-state index in [1.165, 1.54) is 0 Å². The number of carbonyl (C=O) groups excluding carboxylic acids is 1. The van der Waals surface area contributed by atoms with Crippen LogP contribution < -0.4 is 10.8 Å². The molecule has 1 atom stereocenters. The van der Waals surface area contributed by atoms with Gasteiger partial charge in [-0.05, 0) is 12.2 Å². The molecule has 0 bridgehead atoms. The minimum absolute atomic E-state index is 0.367. The normalized spacial score (nSPS) is 13.2. The number of nitrogens with two attached hydrogens (primary N) is 1. The number of hydrogen-bond donors (Lipinski definition) is 2. The number of hydrogen-bond acceptors (Lipinski definition) is 4. The van der Waals surface area contributed by atoms with Crippen LogP contribution in [0.15, 0.2) is 0 Å². The van der Waals surface area contributed by atoms with Gasteiger partial charge in [-0.25, -0.2) is 0 Å². The van der Waals surface area contributed by atoms with Gasteiger partial charge in [0.1, 0.15) is 0 Å². The molecule has 0 saturated carbocycles.